The Morgan fingerprint density at radius 2 is 1.37 bits per heavy atom. The van der Waals surface area contributed by atoms with Crippen molar-refractivity contribution in [3.63, 3.8) is 0 Å². The zero-order chi connectivity index (χ0) is 22.7. The molecule has 162 valence electrons. The Morgan fingerprint density at radius 3 is 1.70 bits per heavy atom. The van der Waals surface area contributed by atoms with Gasteiger partial charge in [-0.2, -0.15) is 26.3 Å². The van der Waals surface area contributed by atoms with Crippen molar-refractivity contribution in [2.45, 2.75) is 26.2 Å². The van der Waals surface area contributed by atoms with E-state index in [2.05, 4.69) is 19.4 Å². The number of pyridine rings is 2. The summed E-state index contributed by atoms with van der Waals surface area (Å²) >= 11 is 0. The second-order valence-electron chi connectivity index (χ2n) is 5.61. The van der Waals surface area contributed by atoms with Crippen LogP contribution in [0, 0.1) is 0 Å². The van der Waals surface area contributed by atoms with Crippen LogP contribution in [0.4, 0.5) is 26.3 Å². The molecule has 0 fully saturated rings. The number of aromatic nitrogens is 2. The molecule has 12 heteroatoms. The highest BCUT2D eigenvalue weighted by Crippen LogP contribution is 2.43. The molecule has 0 radical (unpaired) electrons. The maximum Gasteiger partial charge on any atom is 0.434 e. The van der Waals surface area contributed by atoms with Gasteiger partial charge in [-0.25, -0.2) is 14.6 Å². The van der Waals surface area contributed by atoms with Crippen LogP contribution >= 0.6 is 0 Å². The average molecular weight is 436 g/mol. The summed E-state index contributed by atoms with van der Waals surface area (Å²) in [6.45, 7) is 1.83. The van der Waals surface area contributed by atoms with E-state index in [0.29, 0.717) is 0 Å². The topological polar surface area (TPSA) is 78.4 Å². The van der Waals surface area contributed by atoms with E-state index >= 15 is 0 Å². The molecule has 0 aliphatic rings. The summed E-state index contributed by atoms with van der Waals surface area (Å²) in [6.07, 6.45) is -8.83. The number of hydrogen-bond acceptors (Lipinski definition) is 6. The van der Waals surface area contributed by atoms with E-state index in [9.17, 15) is 35.9 Å². The SMILES string of the molecule is CCOC(=O)c1c(C(F)(F)F)nc(C(F)(F)F)c(C(=O)OCC)c1-c1cccnc1. The van der Waals surface area contributed by atoms with Crippen LogP contribution in [-0.2, 0) is 21.8 Å². The normalized spacial score (nSPS) is 11.9. The first-order valence-electron chi connectivity index (χ1n) is 8.40. The number of rotatable bonds is 5. The van der Waals surface area contributed by atoms with Crippen molar-refractivity contribution in [3.05, 3.63) is 47.0 Å². The van der Waals surface area contributed by atoms with Gasteiger partial charge in [0.2, 0.25) is 0 Å². The first-order chi connectivity index (χ1) is 13.9. The standard InChI is InChI=1S/C18H14F6N2O4/c1-3-29-15(27)11-10(9-6-5-7-25-8-9)12(16(28)30-4-2)14(18(22,23)24)26-13(11)17(19,20)21/h5-8H,3-4H2,1-2H3. The predicted octanol–water partition coefficient (Wildman–Crippen LogP) is 4.53. The zero-order valence-corrected chi connectivity index (χ0v) is 15.5. The van der Waals surface area contributed by atoms with Crippen LogP contribution in [0.1, 0.15) is 46.0 Å². The van der Waals surface area contributed by atoms with Gasteiger partial charge in [-0.05, 0) is 19.9 Å². The highest BCUT2D eigenvalue weighted by molar-refractivity contribution is 6.07. The predicted molar refractivity (Wildman–Crippen MR) is 89.4 cm³/mol. The molecule has 0 amide bonds. The van der Waals surface area contributed by atoms with Crippen LogP contribution in [0.25, 0.3) is 11.1 Å². The largest absolute Gasteiger partial charge is 0.462 e. The Morgan fingerprint density at radius 1 is 0.900 bits per heavy atom. The molecule has 2 heterocycles. The van der Waals surface area contributed by atoms with E-state index in [1.165, 1.54) is 26.1 Å². The van der Waals surface area contributed by atoms with Crippen molar-refractivity contribution >= 4 is 11.9 Å². The fourth-order valence-corrected chi connectivity index (χ4v) is 2.60. The maximum atomic E-state index is 13.6. The highest BCUT2D eigenvalue weighted by Gasteiger charge is 2.47. The van der Waals surface area contributed by atoms with Crippen LogP contribution in [0.2, 0.25) is 0 Å². The summed E-state index contributed by atoms with van der Waals surface area (Å²) in [7, 11) is 0. The van der Waals surface area contributed by atoms with E-state index in [4.69, 9.17) is 0 Å². The molecule has 0 unspecified atom stereocenters. The lowest BCUT2D eigenvalue weighted by Gasteiger charge is -2.21. The van der Waals surface area contributed by atoms with Crippen LogP contribution in [0.5, 0.6) is 0 Å². The molecule has 0 saturated heterocycles. The number of alkyl halides is 6. The Balaban J connectivity index is 3.14. The number of hydrogen-bond donors (Lipinski definition) is 0. The molecule has 30 heavy (non-hydrogen) atoms. The number of nitrogens with zero attached hydrogens (tertiary/aromatic N) is 2. The molecule has 0 bridgehead atoms. The number of carbonyl (C=O) groups is 2. The summed E-state index contributed by atoms with van der Waals surface area (Å²) < 4.78 is 91.0. The first kappa shape index (κ1) is 23.1. The quantitative estimate of drug-likeness (QED) is 0.506. The average Bonchev–Trinajstić information content (AvgIpc) is 2.65. The fourth-order valence-electron chi connectivity index (χ4n) is 2.60. The van der Waals surface area contributed by atoms with Gasteiger partial charge in [-0.3, -0.25) is 4.98 Å². The lowest BCUT2D eigenvalue weighted by atomic mass is 9.92. The molecule has 0 aromatic carbocycles. The molecule has 0 spiro atoms. The third-order valence-electron chi connectivity index (χ3n) is 3.64. The summed E-state index contributed by atoms with van der Waals surface area (Å²) in [6, 6.07) is 2.30. The number of ether oxygens (including phenoxy) is 2. The molecule has 2 rings (SSSR count). The number of carbonyl (C=O) groups excluding carboxylic acids is 2. The van der Waals surface area contributed by atoms with Crippen molar-refractivity contribution in [1.29, 1.82) is 0 Å². The molecule has 0 N–H and O–H groups in total. The van der Waals surface area contributed by atoms with Gasteiger partial charge < -0.3 is 9.47 Å². The van der Waals surface area contributed by atoms with E-state index in [0.717, 1.165) is 12.3 Å². The van der Waals surface area contributed by atoms with E-state index in [1.54, 1.807) is 0 Å². The van der Waals surface area contributed by atoms with Gasteiger partial charge in [0, 0.05) is 23.5 Å². The van der Waals surface area contributed by atoms with Gasteiger partial charge in [0.25, 0.3) is 0 Å². The Hall–Kier alpha value is -3.18. The summed E-state index contributed by atoms with van der Waals surface area (Å²) in [5, 5.41) is 0. The lowest BCUT2D eigenvalue weighted by molar-refractivity contribution is -0.150. The van der Waals surface area contributed by atoms with Crippen molar-refractivity contribution < 1.29 is 45.4 Å². The third-order valence-corrected chi connectivity index (χ3v) is 3.64. The molecule has 0 saturated carbocycles. The van der Waals surface area contributed by atoms with E-state index in [1.807, 2.05) is 0 Å². The van der Waals surface area contributed by atoms with Crippen LogP contribution < -0.4 is 0 Å². The Bertz CT molecular complexity index is 888. The minimum Gasteiger partial charge on any atom is -0.462 e. The monoisotopic (exact) mass is 436 g/mol. The molecular weight excluding hydrogens is 422 g/mol. The maximum absolute atomic E-state index is 13.6. The summed E-state index contributed by atoms with van der Waals surface area (Å²) in [5.41, 5.74) is -8.29. The second-order valence-corrected chi connectivity index (χ2v) is 5.61. The molecule has 6 nitrogen and oxygen atoms in total. The van der Waals surface area contributed by atoms with Crippen LogP contribution in [0.15, 0.2) is 24.5 Å². The van der Waals surface area contributed by atoms with Gasteiger partial charge >= 0.3 is 24.3 Å². The second kappa shape index (κ2) is 8.67. The lowest BCUT2D eigenvalue weighted by Crippen LogP contribution is -2.27. The van der Waals surface area contributed by atoms with E-state index < -0.39 is 52.4 Å². The molecule has 2 aromatic rings. The molecule has 2 aromatic heterocycles. The Labute approximate surface area is 165 Å². The molecular formula is C18H14F6N2O4. The first-order valence-corrected chi connectivity index (χ1v) is 8.40. The minimum atomic E-state index is -5.47. The third kappa shape index (κ3) is 4.69. The van der Waals surface area contributed by atoms with Gasteiger partial charge in [0.15, 0.2) is 11.4 Å². The molecule has 0 atom stereocenters. The van der Waals surface area contributed by atoms with Crippen LogP contribution in [-0.4, -0.2) is 35.1 Å². The van der Waals surface area contributed by atoms with Gasteiger partial charge in [-0.1, -0.05) is 6.07 Å². The van der Waals surface area contributed by atoms with Gasteiger partial charge in [0.1, 0.15) is 0 Å². The number of halogens is 6. The van der Waals surface area contributed by atoms with Crippen molar-refractivity contribution in [2.24, 2.45) is 0 Å². The zero-order valence-electron chi connectivity index (χ0n) is 15.5. The highest BCUT2D eigenvalue weighted by atomic mass is 19.4. The summed E-state index contributed by atoms with van der Waals surface area (Å²) in [4.78, 5) is 31.1. The van der Waals surface area contributed by atoms with Crippen molar-refractivity contribution in [1.82, 2.24) is 9.97 Å². The fraction of sp³-hybridized carbons (Fsp3) is 0.333. The van der Waals surface area contributed by atoms with Crippen molar-refractivity contribution in [2.75, 3.05) is 13.2 Å². The van der Waals surface area contributed by atoms with E-state index in [-0.39, 0.29) is 18.8 Å². The smallest absolute Gasteiger partial charge is 0.434 e. The molecule has 0 aliphatic carbocycles. The Kier molecular flexibility index (Phi) is 6.68. The minimum absolute atomic E-state index is 0.359. The van der Waals surface area contributed by atoms with Crippen molar-refractivity contribution in [3.8, 4) is 11.1 Å². The van der Waals surface area contributed by atoms with Crippen LogP contribution in [0.3, 0.4) is 0 Å². The molecule has 0 aliphatic heterocycles. The van der Waals surface area contributed by atoms with Gasteiger partial charge in [-0.15, -0.1) is 0 Å². The van der Waals surface area contributed by atoms with Gasteiger partial charge in [0.05, 0.1) is 24.3 Å². The number of esters is 2. The summed E-state index contributed by atoms with van der Waals surface area (Å²) in [5.74, 6) is -3.20.